The van der Waals surface area contributed by atoms with E-state index in [1.807, 2.05) is 0 Å². The summed E-state index contributed by atoms with van der Waals surface area (Å²) in [5.41, 5.74) is -0.654. The minimum Gasteiger partial charge on any atom is -0.468 e. The maximum absolute atomic E-state index is 13.2. The van der Waals surface area contributed by atoms with Gasteiger partial charge in [-0.3, -0.25) is 14.2 Å². The number of alkyl halides is 3. The number of rotatable bonds is 5. The highest BCUT2D eigenvalue weighted by atomic mass is 32.2. The monoisotopic (exact) mass is 510 g/mol. The maximum atomic E-state index is 13.2. The number of aryl methyl sites for hydroxylation is 1. The summed E-state index contributed by atoms with van der Waals surface area (Å²) in [6.45, 7) is 2.94. The molecule has 0 amide bonds. The van der Waals surface area contributed by atoms with Gasteiger partial charge in [-0.15, -0.1) is 28.6 Å². The summed E-state index contributed by atoms with van der Waals surface area (Å²) in [6.07, 6.45) is -1.22. The summed E-state index contributed by atoms with van der Waals surface area (Å²) in [4.78, 5) is 30.0. The number of thiazole rings is 2. The van der Waals surface area contributed by atoms with E-state index in [0.717, 1.165) is 35.2 Å². The van der Waals surface area contributed by atoms with Crippen LogP contribution in [0, 0.1) is 18.8 Å². The Kier molecular flexibility index (Phi) is 7.84. The van der Waals surface area contributed by atoms with E-state index >= 15 is 0 Å². The Morgan fingerprint density at radius 2 is 2.12 bits per heavy atom. The summed E-state index contributed by atoms with van der Waals surface area (Å²) in [5, 5.41) is 2.40. The van der Waals surface area contributed by atoms with Crippen molar-refractivity contribution in [2.75, 3.05) is 7.11 Å². The molecule has 33 heavy (non-hydrogen) atoms. The van der Waals surface area contributed by atoms with Crippen LogP contribution in [-0.2, 0) is 22.3 Å². The highest BCUT2D eigenvalue weighted by molar-refractivity contribution is 8.08. The van der Waals surface area contributed by atoms with Gasteiger partial charge in [0, 0.05) is 22.5 Å². The third kappa shape index (κ3) is 5.96. The highest BCUT2D eigenvalue weighted by Gasteiger charge is 2.31. The largest absolute Gasteiger partial charge is 0.468 e. The fourth-order valence-corrected chi connectivity index (χ4v) is 5.50. The molecule has 3 rings (SSSR count). The second-order valence-electron chi connectivity index (χ2n) is 6.54. The fourth-order valence-electron chi connectivity index (χ4n) is 2.67. The molecule has 0 N–H and O–H groups in total. The van der Waals surface area contributed by atoms with Crippen molar-refractivity contribution in [1.82, 2.24) is 9.55 Å². The van der Waals surface area contributed by atoms with Crippen LogP contribution in [0.25, 0.3) is 11.0 Å². The van der Waals surface area contributed by atoms with Crippen LogP contribution >= 0.6 is 34.4 Å². The van der Waals surface area contributed by atoms with Gasteiger partial charge in [-0.25, -0.2) is 4.98 Å². The minimum atomic E-state index is -4.49. The van der Waals surface area contributed by atoms with Gasteiger partial charge in [0.25, 0.3) is 5.56 Å². The van der Waals surface area contributed by atoms with Crippen molar-refractivity contribution < 1.29 is 22.7 Å². The summed E-state index contributed by atoms with van der Waals surface area (Å²) < 4.78 is 46.3. The first kappa shape index (κ1) is 24.8. The maximum Gasteiger partial charge on any atom is 0.416 e. The van der Waals surface area contributed by atoms with Crippen LogP contribution in [0.3, 0.4) is 0 Å². The standard InChI is InChI=1S/C22H17F3N2O3S3/c1-4-5-15(32-16-10-14(22(23,24)25)7-6-13(16)2)20-21(29)27(12-19(28)30-3)18(33-20)11-17-26-8-9-31-17/h6-11H,12H2,1-3H3/b18-11-,20-15+. The number of carbonyl (C=O) groups is 1. The second-order valence-corrected chi connectivity index (χ2v) is 9.54. The summed E-state index contributed by atoms with van der Waals surface area (Å²) >= 11 is 3.44. The molecule has 0 aliphatic rings. The second kappa shape index (κ2) is 10.4. The number of aromatic nitrogens is 2. The Morgan fingerprint density at radius 3 is 2.73 bits per heavy atom. The Morgan fingerprint density at radius 1 is 1.36 bits per heavy atom. The number of benzene rings is 1. The molecule has 2 heterocycles. The molecular weight excluding hydrogens is 493 g/mol. The first-order valence-corrected chi connectivity index (χ1v) is 11.9. The molecule has 0 aliphatic heterocycles. The number of hydrogen-bond acceptors (Lipinski definition) is 7. The number of halogens is 3. The van der Waals surface area contributed by atoms with Crippen molar-refractivity contribution in [3.8, 4) is 11.8 Å². The van der Waals surface area contributed by atoms with E-state index in [0.29, 0.717) is 25.0 Å². The van der Waals surface area contributed by atoms with Gasteiger partial charge in [0.05, 0.1) is 17.6 Å². The molecule has 2 aromatic heterocycles. The predicted octanol–water partition coefficient (Wildman–Crippen LogP) is 3.62. The minimum absolute atomic E-state index is 0.220. The third-order valence-corrected chi connectivity index (χ3v) is 7.45. The van der Waals surface area contributed by atoms with Gasteiger partial charge in [0.1, 0.15) is 20.7 Å². The lowest BCUT2D eigenvalue weighted by Gasteiger charge is -2.10. The number of methoxy groups -OCH3 is 1. The molecule has 1 aromatic carbocycles. The van der Waals surface area contributed by atoms with E-state index in [9.17, 15) is 22.8 Å². The van der Waals surface area contributed by atoms with E-state index in [2.05, 4.69) is 16.8 Å². The molecule has 5 nitrogen and oxygen atoms in total. The summed E-state index contributed by atoms with van der Waals surface area (Å²) in [5.74, 6) is 4.95. The number of hydrogen-bond donors (Lipinski definition) is 0. The number of thioether (sulfide) groups is 1. The number of carbonyl (C=O) groups excluding carboxylic acids is 1. The Balaban J connectivity index is 2.25. The molecule has 172 valence electrons. The van der Waals surface area contributed by atoms with Crippen molar-refractivity contribution in [1.29, 1.82) is 0 Å². The lowest BCUT2D eigenvalue weighted by Crippen LogP contribution is -2.34. The average Bonchev–Trinajstić information content (AvgIpc) is 3.37. The van der Waals surface area contributed by atoms with Gasteiger partial charge < -0.3 is 4.74 Å². The number of nitrogens with zero attached hydrogens (tertiary/aromatic N) is 2. The zero-order valence-corrected chi connectivity index (χ0v) is 20.1. The van der Waals surface area contributed by atoms with Crippen LogP contribution < -0.4 is 14.8 Å². The molecule has 11 heteroatoms. The van der Waals surface area contributed by atoms with Gasteiger partial charge in [0.15, 0.2) is 0 Å². The van der Waals surface area contributed by atoms with Crippen molar-refractivity contribution in [3.63, 3.8) is 0 Å². The first-order chi connectivity index (χ1) is 15.6. The zero-order chi connectivity index (χ0) is 24.2. The van der Waals surface area contributed by atoms with Gasteiger partial charge in [-0.2, -0.15) is 13.2 Å². The molecule has 0 fully saturated rings. The molecule has 0 saturated heterocycles. The first-order valence-electron chi connectivity index (χ1n) is 9.34. The van der Waals surface area contributed by atoms with Gasteiger partial charge in [-0.05, 0) is 31.5 Å². The summed E-state index contributed by atoms with van der Waals surface area (Å²) in [7, 11) is 1.22. The molecule has 0 saturated carbocycles. The molecule has 0 unspecified atom stereocenters. The summed E-state index contributed by atoms with van der Waals surface area (Å²) in [6, 6.07) is 3.44. The van der Waals surface area contributed by atoms with Crippen molar-refractivity contribution >= 4 is 51.4 Å². The van der Waals surface area contributed by atoms with E-state index < -0.39 is 23.3 Å². The van der Waals surface area contributed by atoms with Crippen LogP contribution in [0.4, 0.5) is 13.2 Å². The molecule has 3 aromatic rings. The van der Waals surface area contributed by atoms with E-state index in [1.54, 1.807) is 31.5 Å². The quantitative estimate of drug-likeness (QED) is 0.298. The Hall–Kier alpha value is -2.81. The van der Waals surface area contributed by atoms with Crippen molar-refractivity contribution in [3.05, 3.63) is 65.5 Å². The SMILES string of the molecule is CC#C/C(Sc1cc(C(F)(F)F)ccc1C)=c1\s/c(=C\c2nccs2)n(CC(=O)OC)c1=O. The number of esters is 1. The zero-order valence-electron chi connectivity index (χ0n) is 17.6. The molecule has 0 atom stereocenters. The number of ether oxygens (including phenoxy) is 1. The Labute approximate surface area is 199 Å². The van der Waals surface area contributed by atoms with Crippen LogP contribution in [0.2, 0.25) is 0 Å². The highest BCUT2D eigenvalue weighted by Crippen LogP contribution is 2.36. The Bertz CT molecular complexity index is 1410. The molecule has 0 bridgehead atoms. The smallest absolute Gasteiger partial charge is 0.416 e. The third-order valence-electron chi connectivity index (χ3n) is 4.30. The van der Waals surface area contributed by atoms with Crippen molar-refractivity contribution in [2.45, 2.75) is 31.5 Å². The lowest BCUT2D eigenvalue weighted by atomic mass is 10.1. The van der Waals surface area contributed by atoms with Gasteiger partial charge in [-0.1, -0.05) is 23.7 Å². The van der Waals surface area contributed by atoms with Crippen molar-refractivity contribution in [2.24, 2.45) is 0 Å². The molecule has 0 radical (unpaired) electrons. The van der Waals surface area contributed by atoms with E-state index in [4.69, 9.17) is 4.74 Å². The van der Waals surface area contributed by atoms with Gasteiger partial charge >= 0.3 is 12.1 Å². The topological polar surface area (TPSA) is 61.2 Å². The average molecular weight is 511 g/mol. The fraction of sp³-hybridized carbons (Fsp3) is 0.227. The van der Waals surface area contributed by atoms with E-state index in [-0.39, 0.29) is 11.1 Å². The van der Waals surface area contributed by atoms with E-state index in [1.165, 1.54) is 29.1 Å². The molecule has 0 spiro atoms. The lowest BCUT2D eigenvalue weighted by molar-refractivity contribution is -0.141. The normalized spacial score (nSPS) is 12.8. The van der Waals surface area contributed by atoms with Gasteiger partial charge in [0.2, 0.25) is 0 Å². The molecular formula is C22H17F3N2O3S3. The van der Waals surface area contributed by atoms with Crippen LogP contribution in [0.15, 0.2) is 39.5 Å². The van der Waals surface area contributed by atoms with Crippen LogP contribution in [-0.4, -0.2) is 22.6 Å². The predicted molar refractivity (Wildman–Crippen MR) is 124 cm³/mol. The van der Waals surface area contributed by atoms with Crippen LogP contribution in [0.5, 0.6) is 0 Å². The van der Waals surface area contributed by atoms with Crippen LogP contribution in [0.1, 0.15) is 23.1 Å². The molecule has 0 aliphatic carbocycles.